The first kappa shape index (κ1) is 9.93. The minimum absolute atomic E-state index is 0.311. The van der Waals surface area contributed by atoms with Crippen molar-refractivity contribution in [3.05, 3.63) is 12.3 Å². The smallest absolute Gasteiger partial charge is 0.109 e. The van der Waals surface area contributed by atoms with Gasteiger partial charge >= 0.3 is 0 Å². The van der Waals surface area contributed by atoms with Gasteiger partial charge in [0.2, 0.25) is 0 Å². The van der Waals surface area contributed by atoms with Crippen LogP contribution in [0.1, 0.15) is 27.7 Å². The molecule has 0 spiro atoms. The highest BCUT2D eigenvalue weighted by atomic mass is 32.2. The number of hydroxylamine groups is 2. The van der Waals surface area contributed by atoms with Crippen molar-refractivity contribution in [3.63, 3.8) is 0 Å². The lowest BCUT2D eigenvalue weighted by molar-refractivity contribution is -0.0811. The molecule has 0 radical (unpaired) electrons. The van der Waals surface area contributed by atoms with Gasteiger partial charge in [-0.15, -0.1) is 16.8 Å². The largest absolute Gasteiger partial charge is 0.413 e. The first-order valence-electron chi connectivity index (χ1n) is 4.23. The third-order valence-electron chi connectivity index (χ3n) is 1.63. The molecule has 3 heteroatoms. The van der Waals surface area contributed by atoms with Crippen molar-refractivity contribution in [3.8, 4) is 0 Å². The maximum absolute atomic E-state index is 5.29. The molecule has 1 unspecified atom stereocenters. The van der Waals surface area contributed by atoms with Crippen LogP contribution in [0.4, 0.5) is 0 Å². The van der Waals surface area contributed by atoms with Crippen molar-refractivity contribution in [1.29, 1.82) is 0 Å². The molecule has 1 aliphatic rings. The van der Waals surface area contributed by atoms with E-state index >= 15 is 0 Å². The first-order chi connectivity index (χ1) is 5.49. The summed E-state index contributed by atoms with van der Waals surface area (Å²) in [5.41, 5.74) is 0. The minimum Gasteiger partial charge on any atom is -0.413 e. The van der Waals surface area contributed by atoms with Crippen molar-refractivity contribution >= 4 is 11.8 Å². The van der Waals surface area contributed by atoms with Gasteiger partial charge in [0.1, 0.15) is 6.26 Å². The van der Waals surface area contributed by atoms with Gasteiger partial charge in [0.05, 0.1) is 11.9 Å². The van der Waals surface area contributed by atoms with Crippen molar-refractivity contribution in [2.24, 2.45) is 0 Å². The zero-order valence-electron chi connectivity index (χ0n) is 8.20. The average Bonchev–Trinajstić information content (AvgIpc) is 2.29. The van der Waals surface area contributed by atoms with Gasteiger partial charge in [-0.05, 0) is 13.0 Å². The van der Waals surface area contributed by atoms with Crippen LogP contribution in [0.2, 0.25) is 0 Å². The molecule has 12 heavy (non-hydrogen) atoms. The molecule has 0 bridgehead atoms. The molecule has 1 aliphatic heterocycles. The Morgan fingerprint density at radius 3 is 2.58 bits per heavy atom. The molecule has 2 nitrogen and oxygen atoms in total. The monoisotopic (exact) mass is 187 g/mol. The van der Waals surface area contributed by atoms with E-state index in [0.717, 1.165) is 5.88 Å². The fourth-order valence-corrected chi connectivity index (χ4v) is 1.63. The second-order valence-electron chi connectivity index (χ2n) is 3.98. The van der Waals surface area contributed by atoms with E-state index in [4.69, 9.17) is 4.84 Å². The third-order valence-corrected chi connectivity index (χ3v) is 2.88. The van der Waals surface area contributed by atoms with E-state index < -0.39 is 0 Å². The van der Waals surface area contributed by atoms with Crippen LogP contribution < -0.4 is 0 Å². The van der Waals surface area contributed by atoms with Crippen LogP contribution in [0.5, 0.6) is 0 Å². The molecular formula is C9H17NOS. The van der Waals surface area contributed by atoms with Crippen LogP contribution in [-0.2, 0) is 4.84 Å². The van der Waals surface area contributed by atoms with Crippen molar-refractivity contribution in [2.45, 2.75) is 38.5 Å². The van der Waals surface area contributed by atoms with Gasteiger partial charge in [-0.25, -0.2) is 0 Å². The van der Waals surface area contributed by atoms with Gasteiger partial charge < -0.3 is 4.84 Å². The molecular weight excluding hydrogens is 170 g/mol. The predicted octanol–water partition coefficient (Wildman–Crippen LogP) is 2.63. The van der Waals surface area contributed by atoms with Gasteiger partial charge in [0.15, 0.2) is 0 Å². The van der Waals surface area contributed by atoms with E-state index in [1.807, 2.05) is 16.8 Å². The maximum Gasteiger partial charge on any atom is 0.109 e. The average molecular weight is 187 g/mol. The van der Waals surface area contributed by atoms with Gasteiger partial charge in [-0.2, -0.15) is 0 Å². The predicted molar refractivity (Wildman–Crippen MR) is 53.7 cm³/mol. The van der Waals surface area contributed by atoms with Gasteiger partial charge in [-0.3, -0.25) is 0 Å². The highest BCUT2D eigenvalue weighted by Crippen LogP contribution is 2.26. The Kier molecular flexibility index (Phi) is 3.07. The lowest BCUT2D eigenvalue weighted by Gasteiger charge is -2.24. The molecule has 0 N–H and O–H groups in total. The summed E-state index contributed by atoms with van der Waals surface area (Å²) in [5.74, 6) is 0.928. The number of hydrogen-bond donors (Lipinski definition) is 0. The molecule has 0 aromatic rings. The molecule has 1 rings (SSSR count). The van der Waals surface area contributed by atoms with Gasteiger partial charge in [0, 0.05) is 4.75 Å². The second-order valence-corrected chi connectivity index (χ2v) is 5.75. The Bertz CT molecular complexity index is 174. The summed E-state index contributed by atoms with van der Waals surface area (Å²) in [5, 5.41) is 1.98. The van der Waals surface area contributed by atoms with E-state index in [-0.39, 0.29) is 0 Å². The van der Waals surface area contributed by atoms with E-state index in [2.05, 4.69) is 33.8 Å². The van der Waals surface area contributed by atoms with E-state index in [0.29, 0.717) is 10.8 Å². The molecule has 0 aromatic heterocycles. The van der Waals surface area contributed by atoms with Crippen molar-refractivity contribution < 1.29 is 4.84 Å². The minimum atomic E-state index is 0.311. The van der Waals surface area contributed by atoms with Crippen LogP contribution in [0.25, 0.3) is 0 Å². The molecule has 1 atom stereocenters. The van der Waals surface area contributed by atoms with E-state index in [1.165, 1.54) is 0 Å². The standard InChI is InChI=1S/C9H17NOS/c1-8-5-6-11-10(8)7-12-9(2,3)4/h5-6,8H,7H2,1-4H3. The summed E-state index contributed by atoms with van der Waals surface area (Å²) in [7, 11) is 0. The molecule has 0 saturated carbocycles. The normalized spacial score (nSPS) is 24.5. The Morgan fingerprint density at radius 1 is 1.50 bits per heavy atom. The fourth-order valence-electron chi connectivity index (χ4n) is 0.824. The Hall–Kier alpha value is -0.150. The summed E-state index contributed by atoms with van der Waals surface area (Å²) in [6.45, 7) is 8.77. The lowest BCUT2D eigenvalue weighted by atomic mass is 10.3. The SMILES string of the molecule is CC1C=CON1CSC(C)(C)C. The molecule has 0 amide bonds. The van der Waals surface area contributed by atoms with Crippen LogP contribution in [0.3, 0.4) is 0 Å². The fraction of sp³-hybridized carbons (Fsp3) is 0.778. The van der Waals surface area contributed by atoms with Gasteiger partial charge in [0.25, 0.3) is 0 Å². The zero-order chi connectivity index (χ0) is 9.19. The zero-order valence-corrected chi connectivity index (χ0v) is 9.02. The number of hydrogen-bond acceptors (Lipinski definition) is 3. The molecule has 0 aromatic carbocycles. The molecule has 70 valence electrons. The van der Waals surface area contributed by atoms with Crippen LogP contribution >= 0.6 is 11.8 Å². The van der Waals surface area contributed by atoms with E-state index in [1.54, 1.807) is 6.26 Å². The summed E-state index contributed by atoms with van der Waals surface area (Å²) in [6.07, 6.45) is 3.82. The maximum atomic E-state index is 5.29. The van der Waals surface area contributed by atoms with Crippen molar-refractivity contribution in [2.75, 3.05) is 5.88 Å². The van der Waals surface area contributed by atoms with Crippen LogP contribution in [0, 0.1) is 0 Å². The first-order valence-corrected chi connectivity index (χ1v) is 5.22. The molecule has 0 aliphatic carbocycles. The topological polar surface area (TPSA) is 12.5 Å². The Balaban J connectivity index is 2.25. The highest BCUT2D eigenvalue weighted by molar-refractivity contribution is 8.00. The summed E-state index contributed by atoms with van der Waals surface area (Å²) in [6, 6.07) is 0.417. The second kappa shape index (κ2) is 3.71. The Morgan fingerprint density at radius 2 is 2.17 bits per heavy atom. The van der Waals surface area contributed by atoms with Crippen LogP contribution in [-0.4, -0.2) is 21.7 Å². The lowest BCUT2D eigenvalue weighted by Crippen LogP contribution is -2.27. The van der Waals surface area contributed by atoms with Gasteiger partial charge in [-0.1, -0.05) is 20.8 Å². The number of thioether (sulfide) groups is 1. The molecule has 0 saturated heterocycles. The summed E-state index contributed by atoms with van der Waals surface area (Å²) < 4.78 is 0.311. The van der Waals surface area contributed by atoms with Crippen LogP contribution in [0.15, 0.2) is 12.3 Å². The Labute approximate surface area is 78.9 Å². The van der Waals surface area contributed by atoms with E-state index in [9.17, 15) is 0 Å². The summed E-state index contributed by atoms with van der Waals surface area (Å²) in [4.78, 5) is 5.29. The highest BCUT2D eigenvalue weighted by Gasteiger charge is 2.20. The van der Waals surface area contributed by atoms with Crippen molar-refractivity contribution in [1.82, 2.24) is 5.06 Å². The quantitative estimate of drug-likeness (QED) is 0.659. The summed E-state index contributed by atoms with van der Waals surface area (Å²) >= 11 is 1.90. The third kappa shape index (κ3) is 3.07. The number of rotatable bonds is 2. The number of nitrogens with zero attached hydrogens (tertiary/aromatic N) is 1. The molecule has 0 fully saturated rings. The molecule has 1 heterocycles.